The minimum Gasteiger partial charge on any atom is -0.444 e. The first-order chi connectivity index (χ1) is 20.9. The van der Waals surface area contributed by atoms with Crippen LogP contribution in [-0.2, 0) is 4.79 Å². The summed E-state index contributed by atoms with van der Waals surface area (Å²) in [5.74, 6) is 1.68. The highest BCUT2D eigenvalue weighted by molar-refractivity contribution is 6.03. The van der Waals surface area contributed by atoms with E-state index in [-0.39, 0.29) is 29.2 Å². The van der Waals surface area contributed by atoms with E-state index >= 15 is 0 Å². The Balaban J connectivity index is 1.05. The Morgan fingerprint density at radius 1 is 1.09 bits per heavy atom. The zero-order valence-electron chi connectivity index (χ0n) is 24.1. The number of nitrogens with one attached hydrogen (secondary N) is 3. The summed E-state index contributed by atoms with van der Waals surface area (Å²) in [4.78, 5) is 36.2. The summed E-state index contributed by atoms with van der Waals surface area (Å²) in [5, 5.41) is 13.3. The second kappa shape index (κ2) is 13.2. The van der Waals surface area contributed by atoms with Crippen LogP contribution in [0.3, 0.4) is 0 Å². The molecule has 11 nitrogen and oxygen atoms in total. The summed E-state index contributed by atoms with van der Waals surface area (Å²) in [6.45, 7) is 3.99. The van der Waals surface area contributed by atoms with E-state index < -0.39 is 18.0 Å². The number of carbonyl (C=O) groups is 2. The van der Waals surface area contributed by atoms with E-state index in [2.05, 4.69) is 31.0 Å². The number of hydrogen-bond acceptors (Lipinski definition) is 8. The van der Waals surface area contributed by atoms with Crippen molar-refractivity contribution in [3.05, 3.63) is 42.2 Å². The Hall–Kier alpha value is -3.87. The molecule has 3 aromatic rings. The van der Waals surface area contributed by atoms with E-state index in [9.17, 15) is 18.4 Å². The Morgan fingerprint density at radius 3 is 2.63 bits per heavy atom. The predicted molar refractivity (Wildman–Crippen MR) is 156 cm³/mol. The largest absolute Gasteiger partial charge is 0.444 e. The lowest BCUT2D eigenvalue weighted by molar-refractivity contribution is -0.132. The van der Waals surface area contributed by atoms with Crippen LogP contribution in [0.15, 0.2) is 35.2 Å². The smallest absolute Gasteiger partial charge is 0.284 e. The number of oxazole rings is 1. The second-order valence-corrected chi connectivity index (χ2v) is 11.8. The van der Waals surface area contributed by atoms with Gasteiger partial charge in [0.05, 0.1) is 11.7 Å². The molecule has 1 aliphatic carbocycles. The molecule has 3 fully saturated rings. The van der Waals surface area contributed by atoms with Crippen molar-refractivity contribution in [2.45, 2.75) is 63.8 Å². The van der Waals surface area contributed by atoms with Crippen molar-refractivity contribution in [2.75, 3.05) is 43.4 Å². The van der Waals surface area contributed by atoms with Crippen LogP contribution in [0.2, 0.25) is 0 Å². The van der Waals surface area contributed by atoms with Gasteiger partial charge in [-0.1, -0.05) is 0 Å². The monoisotopic (exact) mass is 596 g/mol. The summed E-state index contributed by atoms with van der Waals surface area (Å²) in [7, 11) is 0. The van der Waals surface area contributed by atoms with Gasteiger partial charge in [0.15, 0.2) is 11.4 Å². The molecule has 3 aromatic heterocycles. The van der Waals surface area contributed by atoms with Crippen molar-refractivity contribution in [1.29, 1.82) is 0 Å². The fourth-order valence-corrected chi connectivity index (χ4v) is 5.81. The minimum atomic E-state index is -2.88. The van der Waals surface area contributed by atoms with Gasteiger partial charge in [-0.05, 0) is 82.0 Å². The molecular weight excluding hydrogens is 558 g/mol. The number of nitrogens with zero attached hydrogens (tertiary/aromatic N) is 5. The maximum atomic E-state index is 13.9. The number of amides is 2. The number of anilines is 2. The van der Waals surface area contributed by atoms with Crippen LogP contribution < -0.4 is 16.0 Å². The lowest BCUT2D eigenvalue weighted by atomic mass is 9.93. The molecule has 3 aliphatic rings. The van der Waals surface area contributed by atoms with Crippen molar-refractivity contribution in [1.82, 2.24) is 30.0 Å². The molecule has 0 atom stereocenters. The van der Waals surface area contributed by atoms with Gasteiger partial charge in [-0.25, -0.2) is 18.7 Å². The van der Waals surface area contributed by atoms with Gasteiger partial charge in [-0.2, -0.15) is 5.10 Å². The number of pyridine rings is 1. The van der Waals surface area contributed by atoms with Crippen LogP contribution in [0.5, 0.6) is 0 Å². The summed E-state index contributed by atoms with van der Waals surface area (Å²) in [6.07, 6.45) is 8.73. The lowest BCUT2D eigenvalue weighted by Gasteiger charge is -2.32. The van der Waals surface area contributed by atoms with E-state index in [1.165, 1.54) is 30.0 Å². The van der Waals surface area contributed by atoms with E-state index in [1.54, 1.807) is 18.3 Å². The summed E-state index contributed by atoms with van der Waals surface area (Å²) < 4.78 is 34.9. The van der Waals surface area contributed by atoms with Crippen LogP contribution in [0.25, 0.3) is 11.5 Å². The van der Waals surface area contributed by atoms with Crippen LogP contribution >= 0.6 is 0 Å². The number of carbonyl (C=O) groups excluding carboxylic acids is 2. The maximum Gasteiger partial charge on any atom is 0.284 e. The molecule has 2 amide bonds. The molecule has 230 valence electrons. The quantitative estimate of drug-likeness (QED) is 0.285. The fourth-order valence-electron chi connectivity index (χ4n) is 5.81. The molecule has 6 rings (SSSR count). The van der Waals surface area contributed by atoms with Gasteiger partial charge in [0, 0.05) is 44.0 Å². The van der Waals surface area contributed by atoms with Gasteiger partial charge in [0.1, 0.15) is 12.1 Å². The van der Waals surface area contributed by atoms with Crippen LogP contribution in [0, 0.1) is 11.8 Å². The number of aromatic nitrogens is 4. The maximum absolute atomic E-state index is 13.9. The number of halogens is 2. The summed E-state index contributed by atoms with van der Waals surface area (Å²) in [6, 6.07) is 3.37. The van der Waals surface area contributed by atoms with Gasteiger partial charge in [-0.3, -0.25) is 14.3 Å². The molecule has 0 aromatic carbocycles. The first-order valence-electron chi connectivity index (χ1n) is 15.3. The Labute approximate surface area is 248 Å². The highest BCUT2D eigenvalue weighted by Crippen LogP contribution is 2.32. The lowest BCUT2D eigenvalue weighted by Crippen LogP contribution is -2.39. The van der Waals surface area contributed by atoms with Crippen molar-refractivity contribution in [3.63, 3.8) is 0 Å². The van der Waals surface area contributed by atoms with Gasteiger partial charge >= 0.3 is 0 Å². The zero-order valence-corrected chi connectivity index (χ0v) is 24.1. The van der Waals surface area contributed by atoms with Crippen LogP contribution in [-0.4, -0.2) is 69.2 Å². The van der Waals surface area contributed by atoms with E-state index in [0.29, 0.717) is 55.6 Å². The van der Waals surface area contributed by atoms with Crippen molar-refractivity contribution < 1.29 is 22.8 Å². The Bertz CT molecular complexity index is 1410. The average molecular weight is 597 g/mol. The molecule has 0 radical (unpaired) electrons. The predicted octanol–water partition coefficient (Wildman–Crippen LogP) is 4.89. The van der Waals surface area contributed by atoms with Crippen LogP contribution in [0.4, 0.5) is 20.3 Å². The molecule has 5 heterocycles. The minimum absolute atomic E-state index is 0.0384. The molecule has 2 aliphatic heterocycles. The highest BCUT2D eigenvalue weighted by Gasteiger charge is 2.28. The highest BCUT2D eigenvalue weighted by atomic mass is 19.3. The van der Waals surface area contributed by atoms with Crippen molar-refractivity contribution in [2.24, 2.45) is 11.8 Å². The third-order valence-electron chi connectivity index (χ3n) is 8.64. The van der Waals surface area contributed by atoms with Gasteiger partial charge in [0.25, 0.3) is 12.3 Å². The third kappa shape index (κ3) is 7.38. The Kier molecular flexibility index (Phi) is 8.96. The zero-order chi connectivity index (χ0) is 29.8. The van der Waals surface area contributed by atoms with Gasteiger partial charge in [-0.15, -0.1) is 0 Å². The molecule has 2 saturated heterocycles. The molecule has 0 bridgehead atoms. The van der Waals surface area contributed by atoms with Crippen molar-refractivity contribution >= 4 is 23.3 Å². The molecule has 0 spiro atoms. The molecule has 43 heavy (non-hydrogen) atoms. The SMILES string of the molecule is O=C(Nc1cn(C2CCN(C(=O)CCC3CCNCC3)CC2)nc1C(F)F)c1coc(-c2ccnc(NCC3CC3)c2)n1. The van der Waals surface area contributed by atoms with E-state index in [1.807, 2.05) is 4.90 Å². The normalized spacial score (nSPS) is 18.3. The number of piperidine rings is 2. The summed E-state index contributed by atoms with van der Waals surface area (Å²) in [5.41, 5.74) is 0.0340. The number of rotatable bonds is 11. The standard InChI is InChI=1S/C30H38F2N8O3/c31-28(32)27-23(17-40(38-27)22-8-13-39(14-9-22)26(41)4-3-19-5-10-33-11-6-19)36-29(42)24-18-43-30(37-24)21-7-12-34-25(15-21)35-16-20-1-2-20/h7,12,15,17-20,22,28,33H,1-6,8-11,13-14,16H2,(H,34,35)(H,36,42). The number of hydrogen-bond donors (Lipinski definition) is 3. The molecule has 0 unspecified atom stereocenters. The molecule has 3 N–H and O–H groups in total. The van der Waals surface area contributed by atoms with Crippen molar-refractivity contribution in [3.8, 4) is 11.5 Å². The Morgan fingerprint density at radius 2 is 1.88 bits per heavy atom. The number of likely N-dealkylation sites (tertiary alicyclic amines) is 1. The molecule has 13 heteroatoms. The average Bonchev–Trinajstić information content (AvgIpc) is 3.55. The third-order valence-corrected chi connectivity index (χ3v) is 8.64. The van der Waals surface area contributed by atoms with Gasteiger partial charge in [0.2, 0.25) is 11.8 Å². The topological polar surface area (TPSA) is 130 Å². The van der Waals surface area contributed by atoms with E-state index in [4.69, 9.17) is 4.42 Å². The molecule has 1 saturated carbocycles. The van der Waals surface area contributed by atoms with Gasteiger partial charge < -0.3 is 25.3 Å². The fraction of sp³-hybridized carbons (Fsp3) is 0.567. The first-order valence-corrected chi connectivity index (χ1v) is 15.3. The first kappa shape index (κ1) is 29.2. The van der Waals surface area contributed by atoms with Crippen LogP contribution in [0.1, 0.15) is 80.0 Å². The summed E-state index contributed by atoms with van der Waals surface area (Å²) >= 11 is 0. The second-order valence-electron chi connectivity index (χ2n) is 11.8. The van der Waals surface area contributed by atoms with E-state index in [0.717, 1.165) is 38.9 Å². The number of alkyl halides is 2. The molecular formula is C30H38F2N8O3.